The summed E-state index contributed by atoms with van der Waals surface area (Å²) < 4.78 is 5.03. The molecule has 0 unspecified atom stereocenters. The van der Waals surface area contributed by atoms with Crippen molar-refractivity contribution in [2.75, 3.05) is 13.7 Å². The van der Waals surface area contributed by atoms with Gasteiger partial charge in [0.15, 0.2) is 0 Å². The van der Waals surface area contributed by atoms with E-state index < -0.39 is 0 Å². The van der Waals surface area contributed by atoms with Gasteiger partial charge in [-0.15, -0.1) is 12.3 Å². The van der Waals surface area contributed by atoms with Crippen LogP contribution in [-0.4, -0.2) is 13.7 Å². The first-order valence-corrected chi connectivity index (χ1v) is 7.34. The number of methoxy groups -OCH3 is 1. The fourth-order valence-electron chi connectivity index (χ4n) is 2.06. The lowest BCUT2D eigenvalue weighted by molar-refractivity contribution is 0.192. The van der Waals surface area contributed by atoms with Crippen LogP contribution in [0, 0.1) is 12.3 Å². The van der Waals surface area contributed by atoms with E-state index in [1.807, 2.05) is 0 Å². The SMILES string of the molecule is C#CCCCCCCCCCCCCCOC. The number of hydrogen-bond donors (Lipinski definition) is 0. The standard InChI is InChI=1S/C16H30O/c1-3-4-5-6-7-8-9-10-11-12-13-14-15-16-17-2/h1H,4-16H2,2H3. The minimum absolute atomic E-state index is 0.928. The zero-order chi connectivity index (χ0) is 12.6. The number of ether oxygens (including phenoxy) is 1. The van der Waals surface area contributed by atoms with Crippen LogP contribution in [-0.2, 0) is 4.74 Å². The predicted octanol–water partition coefficient (Wildman–Crippen LogP) is 4.95. The fraction of sp³-hybridized carbons (Fsp3) is 0.875. The summed E-state index contributed by atoms with van der Waals surface area (Å²) >= 11 is 0. The van der Waals surface area contributed by atoms with Crippen molar-refractivity contribution in [2.45, 2.75) is 77.0 Å². The smallest absolute Gasteiger partial charge is 0.0462 e. The predicted molar refractivity (Wildman–Crippen MR) is 76.1 cm³/mol. The summed E-state index contributed by atoms with van der Waals surface area (Å²) in [6.07, 6.45) is 21.1. The van der Waals surface area contributed by atoms with Gasteiger partial charge in [-0.3, -0.25) is 0 Å². The van der Waals surface area contributed by atoms with Gasteiger partial charge in [0, 0.05) is 20.1 Å². The van der Waals surface area contributed by atoms with Gasteiger partial charge in [-0.1, -0.05) is 57.8 Å². The molecule has 1 nitrogen and oxygen atoms in total. The Morgan fingerprint density at radius 2 is 1.12 bits per heavy atom. The molecular formula is C16H30O. The summed E-state index contributed by atoms with van der Waals surface area (Å²) in [5.41, 5.74) is 0. The van der Waals surface area contributed by atoms with Crippen LogP contribution in [0.15, 0.2) is 0 Å². The summed E-state index contributed by atoms with van der Waals surface area (Å²) in [6.45, 7) is 0.928. The third kappa shape index (κ3) is 15.5. The molecule has 0 fully saturated rings. The van der Waals surface area contributed by atoms with Gasteiger partial charge < -0.3 is 4.74 Å². The Balaban J connectivity index is 2.87. The highest BCUT2D eigenvalue weighted by Gasteiger charge is 1.93. The van der Waals surface area contributed by atoms with Crippen LogP contribution < -0.4 is 0 Å². The highest BCUT2D eigenvalue weighted by molar-refractivity contribution is 4.82. The third-order valence-corrected chi connectivity index (χ3v) is 3.17. The number of terminal acetylenes is 1. The van der Waals surface area contributed by atoms with E-state index in [0.29, 0.717) is 0 Å². The van der Waals surface area contributed by atoms with Gasteiger partial charge in [0.1, 0.15) is 0 Å². The average Bonchev–Trinajstić information content (AvgIpc) is 2.35. The van der Waals surface area contributed by atoms with E-state index in [2.05, 4.69) is 5.92 Å². The van der Waals surface area contributed by atoms with Crippen LogP contribution in [0.5, 0.6) is 0 Å². The first-order chi connectivity index (χ1) is 8.41. The Labute approximate surface area is 108 Å². The summed E-state index contributed by atoms with van der Waals surface area (Å²) in [4.78, 5) is 0. The molecule has 0 radical (unpaired) electrons. The molecule has 1 heteroatoms. The van der Waals surface area contributed by atoms with Gasteiger partial charge in [-0.2, -0.15) is 0 Å². The van der Waals surface area contributed by atoms with Gasteiger partial charge in [0.2, 0.25) is 0 Å². The van der Waals surface area contributed by atoms with Crippen molar-refractivity contribution < 1.29 is 4.74 Å². The molecule has 0 aliphatic carbocycles. The van der Waals surface area contributed by atoms with Gasteiger partial charge in [0.25, 0.3) is 0 Å². The molecule has 100 valence electrons. The zero-order valence-corrected chi connectivity index (χ0v) is 11.7. The topological polar surface area (TPSA) is 9.23 Å². The first kappa shape index (κ1) is 16.5. The maximum atomic E-state index is 5.21. The van der Waals surface area contributed by atoms with E-state index in [9.17, 15) is 0 Å². The van der Waals surface area contributed by atoms with E-state index in [-0.39, 0.29) is 0 Å². The summed E-state index contributed by atoms with van der Waals surface area (Å²) in [5, 5.41) is 0. The first-order valence-electron chi connectivity index (χ1n) is 7.34. The summed E-state index contributed by atoms with van der Waals surface area (Å²) in [7, 11) is 1.78. The lowest BCUT2D eigenvalue weighted by Gasteiger charge is -2.02. The van der Waals surface area contributed by atoms with Crippen molar-refractivity contribution in [1.82, 2.24) is 0 Å². The largest absolute Gasteiger partial charge is 0.385 e. The molecule has 0 bridgehead atoms. The quantitative estimate of drug-likeness (QED) is 0.326. The number of unbranched alkanes of at least 4 members (excludes halogenated alkanes) is 11. The molecule has 0 amide bonds. The van der Waals surface area contributed by atoms with E-state index in [0.717, 1.165) is 13.0 Å². The summed E-state index contributed by atoms with van der Waals surface area (Å²) in [6, 6.07) is 0. The lowest BCUT2D eigenvalue weighted by Crippen LogP contribution is -1.88. The third-order valence-electron chi connectivity index (χ3n) is 3.17. The minimum Gasteiger partial charge on any atom is -0.385 e. The molecule has 0 saturated carbocycles. The Bertz CT molecular complexity index is 169. The minimum atomic E-state index is 0.928. The molecule has 0 aliphatic rings. The maximum absolute atomic E-state index is 5.21. The van der Waals surface area contributed by atoms with Crippen molar-refractivity contribution in [2.24, 2.45) is 0 Å². The second-order valence-electron chi connectivity index (χ2n) is 4.84. The highest BCUT2D eigenvalue weighted by Crippen LogP contribution is 2.11. The lowest BCUT2D eigenvalue weighted by atomic mass is 10.1. The van der Waals surface area contributed by atoms with Crippen molar-refractivity contribution >= 4 is 0 Å². The van der Waals surface area contributed by atoms with Gasteiger partial charge in [-0.05, 0) is 12.8 Å². The fourth-order valence-corrected chi connectivity index (χ4v) is 2.06. The van der Waals surface area contributed by atoms with Gasteiger partial charge >= 0.3 is 0 Å². The molecule has 0 rings (SSSR count). The Kier molecular flexibility index (Phi) is 15.1. The van der Waals surface area contributed by atoms with E-state index in [1.54, 1.807) is 7.11 Å². The molecule has 0 atom stereocenters. The van der Waals surface area contributed by atoms with Crippen LogP contribution >= 0.6 is 0 Å². The molecular weight excluding hydrogens is 208 g/mol. The molecule has 17 heavy (non-hydrogen) atoms. The van der Waals surface area contributed by atoms with Crippen LogP contribution in [0.3, 0.4) is 0 Å². The molecule has 0 aromatic heterocycles. The van der Waals surface area contributed by atoms with Crippen molar-refractivity contribution in [1.29, 1.82) is 0 Å². The monoisotopic (exact) mass is 238 g/mol. The van der Waals surface area contributed by atoms with Gasteiger partial charge in [0.05, 0.1) is 0 Å². The van der Waals surface area contributed by atoms with Crippen LogP contribution in [0.25, 0.3) is 0 Å². The molecule has 0 spiro atoms. The summed E-state index contributed by atoms with van der Waals surface area (Å²) in [5.74, 6) is 2.70. The van der Waals surface area contributed by atoms with Crippen LogP contribution in [0.1, 0.15) is 77.0 Å². The second-order valence-corrected chi connectivity index (χ2v) is 4.84. The second kappa shape index (κ2) is 15.5. The van der Waals surface area contributed by atoms with Crippen molar-refractivity contribution in [3.63, 3.8) is 0 Å². The Morgan fingerprint density at radius 1 is 0.706 bits per heavy atom. The maximum Gasteiger partial charge on any atom is 0.0462 e. The molecule has 0 aromatic rings. The molecule has 0 aromatic carbocycles. The van der Waals surface area contributed by atoms with E-state index in [1.165, 1.54) is 70.6 Å². The van der Waals surface area contributed by atoms with Crippen LogP contribution in [0.2, 0.25) is 0 Å². The average molecular weight is 238 g/mol. The molecule has 0 N–H and O–H groups in total. The normalized spacial score (nSPS) is 10.4. The Hall–Kier alpha value is -0.480. The van der Waals surface area contributed by atoms with Gasteiger partial charge in [-0.25, -0.2) is 0 Å². The van der Waals surface area contributed by atoms with E-state index in [4.69, 9.17) is 11.2 Å². The number of hydrogen-bond acceptors (Lipinski definition) is 1. The zero-order valence-electron chi connectivity index (χ0n) is 11.7. The number of rotatable bonds is 13. The Morgan fingerprint density at radius 3 is 1.53 bits per heavy atom. The van der Waals surface area contributed by atoms with Crippen LogP contribution in [0.4, 0.5) is 0 Å². The highest BCUT2D eigenvalue weighted by atomic mass is 16.5. The van der Waals surface area contributed by atoms with Crippen molar-refractivity contribution in [3.8, 4) is 12.3 Å². The molecule has 0 heterocycles. The molecule has 0 aliphatic heterocycles. The van der Waals surface area contributed by atoms with E-state index >= 15 is 0 Å². The van der Waals surface area contributed by atoms with Crippen molar-refractivity contribution in [3.05, 3.63) is 0 Å². The molecule has 0 saturated heterocycles.